The Kier molecular flexibility index (Phi) is 2.57. The Bertz CT molecular complexity index is 292. The van der Waals surface area contributed by atoms with Crippen LogP contribution in [-0.2, 0) is 15.9 Å². The van der Waals surface area contributed by atoms with Gasteiger partial charge < -0.3 is 9.47 Å². The molecule has 2 heteroatoms. The Balaban J connectivity index is 1.94. The fourth-order valence-corrected chi connectivity index (χ4v) is 1.74. The lowest BCUT2D eigenvalue weighted by molar-refractivity contribution is -0.138. The van der Waals surface area contributed by atoms with Crippen LogP contribution in [0.25, 0.3) is 0 Å². The zero-order valence-corrected chi connectivity index (χ0v) is 8.69. The predicted octanol–water partition coefficient (Wildman–Crippen LogP) is 2.38. The van der Waals surface area contributed by atoms with Gasteiger partial charge in [-0.15, -0.1) is 0 Å². The van der Waals surface area contributed by atoms with Gasteiger partial charge in [-0.1, -0.05) is 30.3 Å². The molecule has 0 saturated carbocycles. The minimum Gasteiger partial charge on any atom is -0.348 e. The minimum atomic E-state index is -0.403. The standard InChI is InChI=1S/C12H16O2/c1-12(2)13-9-11(14-12)8-10-6-4-3-5-7-10/h3-7,11H,8-9H2,1-2H3/t11-/m0/s1. The molecule has 2 rings (SSSR count). The first-order chi connectivity index (χ1) is 6.66. The summed E-state index contributed by atoms with van der Waals surface area (Å²) in [6.45, 7) is 4.61. The van der Waals surface area contributed by atoms with Gasteiger partial charge in [0.05, 0.1) is 12.7 Å². The van der Waals surface area contributed by atoms with Gasteiger partial charge in [-0.05, 0) is 19.4 Å². The minimum absolute atomic E-state index is 0.201. The van der Waals surface area contributed by atoms with Gasteiger partial charge >= 0.3 is 0 Å². The molecular weight excluding hydrogens is 176 g/mol. The lowest BCUT2D eigenvalue weighted by Gasteiger charge is -2.16. The summed E-state index contributed by atoms with van der Waals surface area (Å²) in [5, 5.41) is 0. The maximum Gasteiger partial charge on any atom is 0.163 e. The summed E-state index contributed by atoms with van der Waals surface area (Å²) in [5.41, 5.74) is 1.30. The summed E-state index contributed by atoms with van der Waals surface area (Å²) in [5.74, 6) is -0.403. The van der Waals surface area contributed by atoms with E-state index < -0.39 is 5.79 Å². The zero-order valence-electron chi connectivity index (χ0n) is 8.69. The Labute approximate surface area is 84.8 Å². The Morgan fingerprint density at radius 3 is 2.57 bits per heavy atom. The highest BCUT2D eigenvalue weighted by atomic mass is 16.7. The van der Waals surface area contributed by atoms with Crippen molar-refractivity contribution in [1.29, 1.82) is 0 Å². The van der Waals surface area contributed by atoms with Crippen molar-refractivity contribution in [3.63, 3.8) is 0 Å². The van der Waals surface area contributed by atoms with E-state index in [1.807, 2.05) is 19.9 Å². The second-order valence-corrected chi connectivity index (χ2v) is 4.14. The van der Waals surface area contributed by atoms with E-state index in [0.29, 0.717) is 6.61 Å². The molecule has 1 atom stereocenters. The molecule has 0 spiro atoms. The van der Waals surface area contributed by atoms with Crippen molar-refractivity contribution in [2.75, 3.05) is 6.61 Å². The largest absolute Gasteiger partial charge is 0.348 e. The topological polar surface area (TPSA) is 18.5 Å². The molecule has 1 aliphatic heterocycles. The molecule has 0 radical (unpaired) electrons. The molecule has 1 aromatic rings. The van der Waals surface area contributed by atoms with Crippen LogP contribution in [0, 0.1) is 0 Å². The van der Waals surface area contributed by atoms with E-state index >= 15 is 0 Å². The molecule has 1 fully saturated rings. The highest BCUT2D eigenvalue weighted by molar-refractivity contribution is 5.15. The van der Waals surface area contributed by atoms with E-state index in [4.69, 9.17) is 9.47 Å². The number of ether oxygens (including phenoxy) is 2. The number of hydrogen-bond acceptors (Lipinski definition) is 2. The summed E-state index contributed by atoms with van der Waals surface area (Å²) in [7, 11) is 0. The molecule has 0 unspecified atom stereocenters. The highest BCUT2D eigenvalue weighted by Gasteiger charge is 2.32. The van der Waals surface area contributed by atoms with E-state index in [1.54, 1.807) is 0 Å². The maximum absolute atomic E-state index is 5.73. The SMILES string of the molecule is CC1(C)OC[C@H](Cc2ccccc2)O1. The lowest BCUT2D eigenvalue weighted by Crippen LogP contribution is -2.22. The molecule has 14 heavy (non-hydrogen) atoms. The Hall–Kier alpha value is -0.860. The van der Waals surface area contributed by atoms with Crippen molar-refractivity contribution in [3.05, 3.63) is 35.9 Å². The number of rotatable bonds is 2. The third-order valence-corrected chi connectivity index (χ3v) is 2.37. The monoisotopic (exact) mass is 192 g/mol. The van der Waals surface area contributed by atoms with Crippen molar-refractivity contribution in [2.45, 2.75) is 32.2 Å². The molecule has 0 N–H and O–H groups in total. The highest BCUT2D eigenvalue weighted by Crippen LogP contribution is 2.24. The van der Waals surface area contributed by atoms with E-state index in [2.05, 4.69) is 24.3 Å². The van der Waals surface area contributed by atoms with Gasteiger partial charge in [0, 0.05) is 6.42 Å². The molecule has 0 aliphatic carbocycles. The number of benzene rings is 1. The molecule has 2 nitrogen and oxygen atoms in total. The van der Waals surface area contributed by atoms with Crippen LogP contribution >= 0.6 is 0 Å². The fraction of sp³-hybridized carbons (Fsp3) is 0.500. The first-order valence-corrected chi connectivity index (χ1v) is 5.01. The van der Waals surface area contributed by atoms with Crippen LogP contribution in [-0.4, -0.2) is 18.5 Å². The van der Waals surface area contributed by atoms with Crippen LogP contribution in [0.5, 0.6) is 0 Å². The Morgan fingerprint density at radius 1 is 1.29 bits per heavy atom. The van der Waals surface area contributed by atoms with Crippen LogP contribution in [0.15, 0.2) is 30.3 Å². The summed E-state index contributed by atoms with van der Waals surface area (Å²) in [6.07, 6.45) is 1.14. The van der Waals surface area contributed by atoms with Crippen LogP contribution in [0.1, 0.15) is 19.4 Å². The molecule has 0 amide bonds. The smallest absolute Gasteiger partial charge is 0.163 e. The normalized spacial score (nSPS) is 25.1. The van der Waals surface area contributed by atoms with Gasteiger partial charge in [-0.25, -0.2) is 0 Å². The second-order valence-electron chi connectivity index (χ2n) is 4.14. The first-order valence-electron chi connectivity index (χ1n) is 5.01. The number of hydrogen-bond donors (Lipinski definition) is 0. The van der Waals surface area contributed by atoms with Gasteiger partial charge in [-0.3, -0.25) is 0 Å². The fourth-order valence-electron chi connectivity index (χ4n) is 1.74. The van der Waals surface area contributed by atoms with E-state index in [0.717, 1.165) is 6.42 Å². The second kappa shape index (κ2) is 3.71. The molecule has 0 bridgehead atoms. The van der Waals surface area contributed by atoms with Gasteiger partial charge in [0.15, 0.2) is 5.79 Å². The summed E-state index contributed by atoms with van der Waals surface area (Å²) >= 11 is 0. The Morgan fingerprint density at radius 2 is 2.00 bits per heavy atom. The molecule has 0 aromatic heterocycles. The molecule has 76 valence electrons. The molecular formula is C12H16O2. The van der Waals surface area contributed by atoms with E-state index in [1.165, 1.54) is 5.56 Å². The van der Waals surface area contributed by atoms with E-state index in [9.17, 15) is 0 Å². The summed E-state index contributed by atoms with van der Waals surface area (Å²) < 4.78 is 11.2. The van der Waals surface area contributed by atoms with Gasteiger partial charge in [0.25, 0.3) is 0 Å². The van der Waals surface area contributed by atoms with Gasteiger partial charge in [0.2, 0.25) is 0 Å². The van der Waals surface area contributed by atoms with Crippen LogP contribution < -0.4 is 0 Å². The average Bonchev–Trinajstić information content (AvgIpc) is 2.47. The molecule has 1 heterocycles. The van der Waals surface area contributed by atoms with Crippen molar-refractivity contribution in [1.82, 2.24) is 0 Å². The quantitative estimate of drug-likeness (QED) is 0.716. The van der Waals surface area contributed by atoms with Gasteiger partial charge in [0.1, 0.15) is 0 Å². The lowest BCUT2D eigenvalue weighted by atomic mass is 10.1. The maximum atomic E-state index is 5.73. The zero-order chi connectivity index (χ0) is 10.0. The summed E-state index contributed by atoms with van der Waals surface area (Å²) in [4.78, 5) is 0. The summed E-state index contributed by atoms with van der Waals surface area (Å²) in [6, 6.07) is 10.4. The van der Waals surface area contributed by atoms with Crippen LogP contribution in [0.2, 0.25) is 0 Å². The van der Waals surface area contributed by atoms with Crippen molar-refractivity contribution in [3.8, 4) is 0 Å². The van der Waals surface area contributed by atoms with Crippen LogP contribution in [0.3, 0.4) is 0 Å². The predicted molar refractivity (Wildman–Crippen MR) is 55.1 cm³/mol. The van der Waals surface area contributed by atoms with E-state index in [-0.39, 0.29) is 6.10 Å². The third-order valence-electron chi connectivity index (χ3n) is 2.37. The van der Waals surface area contributed by atoms with Crippen molar-refractivity contribution >= 4 is 0 Å². The first kappa shape index (κ1) is 9.69. The average molecular weight is 192 g/mol. The third kappa shape index (κ3) is 2.34. The van der Waals surface area contributed by atoms with Crippen molar-refractivity contribution < 1.29 is 9.47 Å². The van der Waals surface area contributed by atoms with Gasteiger partial charge in [-0.2, -0.15) is 0 Å². The molecule has 1 aliphatic rings. The van der Waals surface area contributed by atoms with Crippen molar-refractivity contribution in [2.24, 2.45) is 0 Å². The van der Waals surface area contributed by atoms with Crippen LogP contribution in [0.4, 0.5) is 0 Å². The molecule has 1 aromatic carbocycles. The molecule has 1 saturated heterocycles.